The van der Waals surface area contributed by atoms with Crippen LogP contribution < -0.4 is 5.32 Å². The van der Waals surface area contributed by atoms with Gasteiger partial charge in [-0.1, -0.05) is 0 Å². The number of nitrogens with zero attached hydrogens (tertiary/aromatic N) is 4. The quantitative estimate of drug-likeness (QED) is 0.754. The van der Waals surface area contributed by atoms with Gasteiger partial charge in [-0.25, -0.2) is 9.67 Å². The predicted molar refractivity (Wildman–Crippen MR) is 72.6 cm³/mol. The molecule has 100 valence electrons. The van der Waals surface area contributed by atoms with Crippen molar-refractivity contribution in [3.8, 4) is 5.69 Å². The molecule has 0 radical (unpaired) electrons. The summed E-state index contributed by atoms with van der Waals surface area (Å²) in [5.41, 5.74) is 2.85. The molecule has 0 unspecified atom stereocenters. The number of aryl methyl sites for hydroxylation is 1. The van der Waals surface area contributed by atoms with E-state index in [0.29, 0.717) is 11.3 Å². The normalized spacial score (nSPS) is 10.4. The second-order valence-corrected chi connectivity index (χ2v) is 4.25. The van der Waals surface area contributed by atoms with E-state index in [-0.39, 0.29) is 5.91 Å². The Kier molecular flexibility index (Phi) is 3.00. The van der Waals surface area contributed by atoms with Crippen molar-refractivity contribution >= 4 is 11.6 Å². The van der Waals surface area contributed by atoms with Gasteiger partial charge in [0.25, 0.3) is 5.91 Å². The standard InChI is InChI=1S/C13H12N6O/c1-9-12(6-15-18-9)13(20)17-10-2-4-11(5-3-10)19-8-14-7-16-19/h2-8H,1H3,(H,15,18)(H,17,20). The first kappa shape index (κ1) is 12.1. The van der Waals surface area contributed by atoms with Crippen LogP contribution in [0.15, 0.2) is 43.1 Å². The molecule has 0 fully saturated rings. The molecule has 0 bridgehead atoms. The van der Waals surface area contributed by atoms with Crippen LogP contribution in [0.1, 0.15) is 16.1 Å². The Labute approximate surface area is 114 Å². The smallest absolute Gasteiger partial charge is 0.259 e. The van der Waals surface area contributed by atoms with E-state index in [1.54, 1.807) is 17.9 Å². The molecule has 20 heavy (non-hydrogen) atoms. The average Bonchev–Trinajstić information content (AvgIpc) is 3.10. The van der Waals surface area contributed by atoms with E-state index in [1.165, 1.54) is 12.5 Å². The maximum atomic E-state index is 12.0. The number of benzene rings is 1. The third-order valence-electron chi connectivity index (χ3n) is 2.88. The van der Waals surface area contributed by atoms with Gasteiger partial charge in [0.15, 0.2) is 0 Å². The monoisotopic (exact) mass is 268 g/mol. The summed E-state index contributed by atoms with van der Waals surface area (Å²) < 4.78 is 1.64. The third kappa shape index (κ3) is 2.28. The lowest BCUT2D eigenvalue weighted by Gasteiger charge is -2.06. The Bertz CT molecular complexity index is 714. The number of hydrogen-bond acceptors (Lipinski definition) is 4. The molecule has 3 rings (SSSR count). The highest BCUT2D eigenvalue weighted by Gasteiger charge is 2.10. The van der Waals surface area contributed by atoms with E-state index < -0.39 is 0 Å². The fourth-order valence-electron chi connectivity index (χ4n) is 1.82. The molecule has 0 aliphatic heterocycles. The lowest BCUT2D eigenvalue weighted by Crippen LogP contribution is -2.12. The van der Waals surface area contributed by atoms with Crippen molar-refractivity contribution in [1.29, 1.82) is 0 Å². The second kappa shape index (κ2) is 4.96. The van der Waals surface area contributed by atoms with Gasteiger partial charge < -0.3 is 5.32 Å². The van der Waals surface area contributed by atoms with Crippen LogP contribution in [0.5, 0.6) is 0 Å². The van der Waals surface area contributed by atoms with Gasteiger partial charge in [-0.2, -0.15) is 10.2 Å². The zero-order valence-corrected chi connectivity index (χ0v) is 10.7. The van der Waals surface area contributed by atoms with Gasteiger partial charge >= 0.3 is 0 Å². The summed E-state index contributed by atoms with van der Waals surface area (Å²) in [5, 5.41) is 13.4. The van der Waals surface area contributed by atoms with E-state index >= 15 is 0 Å². The van der Waals surface area contributed by atoms with Crippen LogP contribution in [-0.2, 0) is 0 Å². The molecule has 2 aromatic heterocycles. The molecule has 0 spiro atoms. The van der Waals surface area contributed by atoms with Crippen LogP contribution in [0.4, 0.5) is 5.69 Å². The highest BCUT2D eigenvalue weighted by molar-refractivity contribution is 6.04. The zero-order chi connectivity index (χ0) is 13.9. The number of carbonyl (C=O) groups is 1. The molecule has 2 N–H and O–H groups in total. The van der Waals surface area contributed by atoms with Gasteiger partial charge in [0.2, 0.25) is 0 Å². The highest BCUT2D eigenvalue weighted by Crippen LogP contribution is 2.14. The summed E-state index contributed by atoms with van der Waals surface area (Å²) in [6.07, 6.45) is 4.59. The van der Waals surface area contributed by atoms with Crippen LogP contribution in [-0.4, -0.2) is 30.9 Å². The van der Waals surface area contributed by atoms with E-state index in [0.717, 1.165) is 11.4 Å². The minimum absolute atomic E-state index is 0.190. The average molecular weight is 268 g/mol. The SMILES string of the molecule is Cc1[nH]ncc1C(=O)Nc1ccc(-n2cncn2)cc1. The molecule has 7 heteroatoms. The number of hydrogen-bond donors (Lipinski definition) is 2. The van der Waals surface area contributed by atoms with Crippen LogP contribution in [0.3, 0.4) is 0 Å². The molecule has 0 aliphatic rings. The van der Waals surface area contributed by atoms with E-state index in [9.17, 15) is 4.79 Å². The van der Waals surface area contributed by atoms with Gasteiger partial charge in [0, 0.05) is 11.4 Å². The summed E-state index contributed by atoms with van der Waals surface area (Å²) in [5.74, 6) is -0.190. The Balaban J connectivity index is 1.76. The summed E-state index contributed by atoms with van der Waals surface area (Å²) in [7, 11) is 0. The first-order valence-electron chi connectivity index (χ1n) is 6.00. The fourth-order valence-corrected chi connectivity index (χ4v) is 1.82. The van der Waals surface area contributed by atoms with Crippen LogP contribution in [0, 0.1) is 6.92 Å². The van der Waals surface area contributed by atoms with Gasteiger partial charge in [0.1, 0.15) is 12.7 Å². The third-order valence-corrected chi connectivity index (χ3v) is 2.88. The molecule has 0 saturated heterocycles. The lowest BCUT2D eigenvalue weighted by molar-refractivity contribution is 0.102. The Morgan fingerprint density at radius 2 is 2.10 bits per heavy atom. The number of amides is 1. The lowest BCUT2D eigenvalue weighted by atomic mass is 10.2. The maximum Gasteiger partial charge on any atom is 0.259 e. The number of aromatic amines is 1. The Morgan fingerprint density at radius 3 is 2.70 bits per heavy atom. The summed E-state index contributed by atoms with van der Waals surface area (Å²) >= 11 is 0. The number of aromatic nitrogens is 5. The summed E-state index contributed by atoms with van der Waals surface area (Å²) in [6, 6.07) is 7.33. The van der Waals surface area contributed by atoms with Crippen LogP contribution in [0.25, 0.3) is 5.69 Å². The van der Waals surface area contributed by atoms with Gasteiger partial charge in [-0.3, -0.25) is 9.89 Å². The minimum Gasteiger partial charge on any atom is -0.322 e. The molecule has 2 heterocycles. The molecule has 1 aromatic carbocycles. The first-order valence-corrected chi connectivity index (χ1v) is 6.00. The van der Waals surface area contributed by atoms with Crippen molar-refractivity contribution in [2.45, 2.75) is 6.92 Å². The van der Waals surface area contributed by atoms with Gasteiger partial charge in [0.05, 0.1) is 17.4 Å². The van der Waals surface area contributed by atoms with Crippen LogP contribution >= 0.6 is 0 Å². The number of rotatable bonds is 3. The highest BCUT2D eigenvalue weighted by atomic mass is 16.1. The van der Waals surface area contributed by atoms with Crippen molar-refractivity contribution in [3.63, 3.8) is 0 Å². The van der Waals surface area contributed by atoms with Crippen LogP contribution in [0.2, 0.25) is 0 Å². The van der Waals surface area contributed by atoms with Crippen molar-refractivity contribution in [1.82, 2.24) is 25.0 Å². The fraction of sp³-hybridized carbons (Fsp3) is 0.0769. The van der Waals surface area contributed by atoms with Crippen molar-refractivity contribution < 1.29 is 4.79 Å². The Morgan fingerprint density at radius 1 is 1.30 bits per heavy atom. The number of H-pyrrole nitrogens is 1. The number of nitrogens with one attached hydrogen (secondary N) is 2. The molecule has 0 saturated carbocycles. The molecule has 7 nitrogen and oxygen atoms in total. The summed E-state index contributed by atoms with van der Waals surface area (Å²) in [4.78, 5) is 15.9. The van der Waals surface area contributed by atoms with Crippen molar-refractivity contribution in [2.24, 2.45) is 0 Å². The van der Waals surface area contributed by atoms with E-state index in [2.05, 4.69) is 25.6 Å². The van der Waals surface area contributed by atoms with E-state index in [4.69, 9.17) is 0 Å². The zero-order valence-electron chi connectivity index (χ0n) is 10.7. The van der Waals surface area contributed by atoms with Gasteiger partial charge in [-0.05, 0) is 31.2 Å². The van der Waals surface area contributed by atoms with Crippen molar-refractivity contribution in [2.75, 3.05) is 5.32 Å². The first-order chi connectivity index (χ1) is 9.74. The summed E-state index contributed by atoms with van der Waals surface area (Å²) in [6.45, 7) is 1.80. The molecule has 3 aromatic rings. The molecule has 0 aliphatic carbocycles. The predicted octanol–water partition coefficient (Wildman–Crippen LogP) is 1.55. The largest absolute Gasteiger partial charge is 0.322 e. The number of carbonyl (C=O) groups excluding carboxylic acids is 1. The second-order valence-electron chi connectivity index (χ2n) is 4.25. The molecular weight excluding hydrogens is 256 g/mol. The Hall–Kier alpha value is -2.96. The molecule has 1 amide bonds. The number of anilines is 1. The molecular formula is C13H12N6O. The maximum absolute atomic E-state index is 12.0. The van der Waals surface area contributed by atoms with Crippen molar-refractivity contribution in [3.05, 3.63) is 54.4 Å². The topological polar surface area (TPSA) is 88.5 Å². The van der Waals surface area contributed by atoms with Gasteiger partial charge in [-0.15, -0.1) is 0 Å². The minimum atomic E-state index is -0.190. The molecule has 0 atom stereocenters. The van der Waals surface area contributed by atoms with E-state index in [1.807, 2.05) is 24.3 Å².